The summed E-state index contributed by atoms with van der Waals surface area (Å²) in [6.45, 7) is 3.20. The summed E-state index contributed by atoms with van der Waals surface area (Å²) in [5, 5.41) is 2.82. The van der Waals surface area contributed by atoms with E-state index in [-0.39, 0.29) is 23.5 Å². The summed E-state index contributed by atoms with van der Waals surface area (Å²) in [6, 6.07) is 5.04. The van der Waals surface area contributed by atoms with Crippen LogP contribution in [0.3, 0.4) is 0 Å². The zero-order valence-electron chi connectivity index (χ0n) is 11.9. The number of amides is 2. The molecule has 0 aliphatic rings. The Morgan fingerprint density at radius 2 is 2.05 bits per heavy atom. The quantitative estimate of drug-likeness (QED) is 0.525. The number of thiocarbonyl (C=S) groups is 1. The van der Waals surface area contributed by atoms with Crippen molar-refractivity contribution >= 4 is 56.7 Å². The molecule has 0 saturated carbocycles. The zero-order valence-corrected chi connectivity index (χ0v) is 15.1. The van der Waals surface area contributed by atoms with Gasteiger partial charge < -0.3 is 10.1 Å². The molecule has 0 bridgehead atoms. The number of carbonyl (C=O) groups is 2. The molecule has 0 radical (unpaired) electrons. The van der Waals surface area contributed by atoms with Gasteiger partial charge in [0.1, 0.15) is 5.75 Å². The van der Waals surface area contributed by atoms with Crippen molar-refractivity contribution in [3.63, 3.8) is 0 Å². The molecule has 0 aliphatic carbocycles. The van der Waals surface area contributed by atoms with Crippen LogP contribution >= 0.6 is 39.7 Å². The van der Waals surface area contributed by atoms with Crippen LogP contribution < -0.4 is 20.9 Å². The maximum atomic E-state index is 11.6. The van der Waals surface area contributed by atoms with E-state index in [0.717, 1.165) is 4.47 Å². The fraction of sp³-hybridized carbons (Fsp3) is 0.308. The smallest absolute Gasteiger partial charge is 0.276 e. The molecular weight excluding hydrogens is 394 g/mol. The van der Waals surface area contributed by atoms with Crippen molar-refractivity contribution in [2.24, 2.45) is 5.92 Å². The molecule has 1 rings (SSSR count). The van der Waals surface area contributed by atoms with Crippen LogP contribution in [-0.4, -0.2) is 23.5 Å². The lowest BCUT2D eigenvalue weighted by Gasteiger charge is -2.12. The van der Waals surface area contributed by atoms with Crippen LogP contribution in [-0.2, 0) is 9.59 Å². The molecule has 0 atom stereocenters. The molecule has 22 heavy (non-hydrogen) atoms. The molecule has 6 nitrogen and oxygen atoms in total. The largest absolute Gasteiger partial charge is 0.482 e. The molecule has 1 aromatic rings. The van der Waals surface area contributed by atoms with E-state index >= 15 is 0 Å². The van der Waals surface area contributed by atoms with Crippen LogP contribution in [0.25, 0.3) is 0 Å². The molecule has 0 saturated heterocycles. The van der Waals surface area contributed by atoms with Gasteiger partial charge in [0.25, 0.3) is 5.91 Å². The lowest BCUT2D eigenvalue weighted by atomic mass is 10.2. The van der Waals surface area contributed by atoms with Crippen LogP contribution in [0.2, 0.25) is 5.02 Å². The first-order chi connectivity index (χ1) is 10.3. The van der Waals surface area contributed by atoms with Gasteiger partial charge in [0.15, 0.2) is 11.7 Å². The molecule has 3 N–H and O–H groups in total. The van der Waals surface area contributed by atoms with Gasteiger partial charge in [-0.15, -0.1) is 0 Å². The van der Waals surface area contributed by atoms with Gasteiger partial charge in [0.2, 0.25) is 5.91 Å². The van der Waals surface area contributed by atoms with Gasteiger partial charge >= 0.3 is 0 Å². The van der Waals surface area contributed by atoms with Gasteiger partial charge in [0, 0.05) is 10.4 Å². The zero-order chi connectivity index (χ0) is 16.7. The Labute approximate surface area is 147 Å². The van der Waals surface area contributed by atoms with E-state index in [0.29, 0.717) is 10.8 Å². The third-order valence-electron chi connectivity index (χ3n) is 2.33. The van der Waals surface area contributed by atoms with Crippen molar-refractivity contribution in [1.82, 2.24) is 16.2 Å². The van der Waals surface area contributed by atoms with Gasteiger partial charge in [-0.2, -0.15) is 0 Å². The first-order valence-corrected chi connectivity index (χ1v) is 7.85. The topological polar surface area (TPSA) is 79.5 Å². The fourth-order valence-electron chi connectivity index (χ4n) is 1.19. The highest BCUT2D eigenvalue weighted by molar-refractivity contribution is 9.10. The molecule has 9 heteroatoms. The number of halogens is 2. The number of hydrogen-bond acceptors (Lipinski definition) is 4. The van der Waals surface area contributed by atoms with E-state index in [2.05, 4.69) is 32.1 Å². The number of nitrogens with one attached hydrogen (secondary N) is 3. The van der Waals surface area contributed by atoms with E-state index in [1.807, 2.05) is 0 Å². The number of hydrazine groups is 1. The van der Waals surface area contributed by atoms with Gasteiger partial charge in [-0.3, -0.25) is 20.4 Å². The van der Waals surface area contributed by atoms with Gasteiger partial charge in [0.05, 0.1) is 5.02 Å². The van der Waals surface area contributed by atoms with Crippen LogP contribution in [0.1, 0.15) is 13.8 Å². The predicted octanol–water partition coefficient (Wildman–Crippen LogP) is 2.16. The van der Waals surface area contributed by atoms with Gasteiger partial charge in [-0.05, 0) is 30.4 Å². The van der Waals surface area contributed by atoms with Crippen molar-refractivity contribution in [2.75, 3.05) is 6.61 Å². The molecule has 0 fully saturated rings. The van der Waals surface area contributed by atoms with Crippen molar-refractivity contribution in [3.8, 4) is 5.75 Å². The van der Waals surface area contributed by atoms with E-state index < -0.39 is 5.91 Å². The minimum atomic E-state index is -0.472. The molecule has 120 valence electrons. The molecule has 0 aliphatic heterocycles. The SMILES string of the molecule is CC(C)C(=O)NC(=S)NNC(=O)COc1ccc(Br)cc1Cl. The van der Waals surface area contributed by atoms with Crippen molar-refractivity contribution in [3.05, 3.63) is 27.7 Å². The Balaban J connectivity index is 2.34. The molecule has 0 heterocycles. The monoisotopic (exact) mass is 407 g/mol. The number of hydrogen-bond donors (Lipinski definition) is 3. The van der Waals surface area contributed by atoms with Crippen LogP contribution in [0.4, 0.5) is 0 Å². The first kappa shape index (κ1) is 18.7. The van der Waals surface area contributed by atoms with Crippen LogP contribution in [0.15, 0.2) is 22.7 Å². The van der Waals surface area contributed by atoms with E-state index in [1.54, 1.807) is 32.0 Å². The summed E-state index contributed by atoms with van der Waals surface area (Å²) < 4.78 is 6.08. The summed E-state index contributed by atoms with van der Waals surface area (Å²) >= 11 is 14.1. The Hall–Kier alpha value is -1.38. The Kier molecular flexibility index (Phi) is 7.57. The second kappa shape index (κ2) is 8.92. The highest BCUT2D eigenvalue weighted by Crippen LogP contribution is 2.27. The molecule has 1 aromatic carbocycles. The first-order valence-electron chi connectivity index (χ1n) is 6.27. The predicted molar refractivity (Wildman–Crippen MR) is 91.5 cm³/mol. The molecule has 0 spiro atoms. The van der Waals surface area contributed by atoms with Gasteiger partial charge in [-0.1, -0.05) is 41.4 Å². The summed E-state index contributed by atoms with van der Waals surface area (Å²) in [5.41, 5.74) is 4.71. The minimum Gasteiger partial charge on any atom is -0.482 e. The average Bonchev–Trinajstić information content (AvgIpc) is 2.44. The number of carbonyl (C=O) groups excluding carboxylic acids is 2. The van der Waals surface area contributed by atoms with E-state index in [1.165, 1.54) is 0 Å². The highest BCUT2D eigenvalue weighted by atomic mass is 79.9. The third-order valence-corrected chi connectivity index (χ3v) is 3.32. The molecule has 0 unspecified atom stereocenters. The molecule has 2 amide bonds. The molecule has 0 aromatic heterocycles. The number of benzene rings is 1. The van der Waals surface area contributed by atoms with Crippen molar-refractivity contribution in [1.29, 1.82) is 0 Å². The molecular formula is C13H15BrClN3O3S. The minimum absolute atomic E-state index is 0.00808. The summed E-state index contributed by atoms with van der Waals surface area (Å²) in [7, 11) is 0. The summed E-state index contributed by atoms with van der Waals surface area (Å²) in [4.78, 5) is 23.0. The van der Waals surface area contributed by atoms with E-state index in [9.17, 15) is 9.59 Å². The average molecular weight is 409 g/mol. The maximum absolute atomic E-state index is 11.6. The summed E-state index contributed by atoms with van der Waals surface area (Å²) in [6.07, 6.45) is 0. The number of rotatable bonds is 4. The van der Waals surface area contributed by atoms with Crippen molar-refractivity contribution in [2.45, 2.75) is 13.8 Å². The normalized spacial score (nSPS) is 10.0. The van der Waals surface area contributed by atoms with Crippen LogP contribution in [0, 0.1) is 5.92 Å². The standard InChI is InChI=1S/C13H15BrClN3O3S/c1-7(2)12(20)16-13(22)18-17-11(19)6-21-10-4-3-8(14)5-9(10)15/h3-5,7H,6H2,1-2H3,(H,17,19)(H2,16,18,20,22). The van der Waals surface area contributed by atoms with E-state index in [4.69, 9.17) is 28.6 Å². The van der Waals surface area contributed by atoms with Crippen LogP contribution in [0.5, 0.6) is 5.75 Å². The Bertz CT molecular complexity index is 584. The maximum Gasteiger partial charge on any atom is 0.276 e. The lowest BCUT2D eigenvalue weighted by molar-refractivity contribution is -0.124. The summed E-state index contributed by atoms with van der Waals surface area (Å²) in [5.74, 6) is -0.543. The second-order valence-corrected chi connectivity index (χ2v) is 6.24. The lowest BCUT2D eigenvalue weighted by Crippen LogP contribution is -2.50. The van der Waals surface area contributed by atoms with Crippen molar-refractivity contribution < 1.29 is 14.3 Å². The fourth-order valence-corrected chi connectivity index (χ4v) is 2.07. The Morgan fingerprint density at radius 3 is 2.64 bits per heavy atom. The highest BCUT2D eigenvalue weighted by Gasteiger charge is 2.10. The van der Waals surface area contributed by atoms with Gasteiger partial charge in [-0.25, -0.2) is 0 Å². The second-order valence-electron chi connectivity index (χ2n) is 4.51. The number of ether oxygens (including phenoxy) is 1. The third kappa shape index (κ3) is 6.59. The Morgan fingerprint density at radius 1 is 1.36 bits per heavy atom.